The van der Waals surface area contributed by atoms with Crippen LogP contribution in [0, 0.1) is 0 Å². The second-order valence-corrected chi connectivity index (χ2v) is 3.84. The maximum absolute atomic E-state index is 5.62. The first kappa shape index (κ1) is 9.68. The van der Waals surface area contributed by atoms with Crippen LogP contribution in [0.1, 0.15) is 0 Å². The van der Waals surface area contributed by atoms with E-state index >= 15 is 0 Å². The molecule has 4 nitrogen and oxygen atoms in total. The topological polar surface area (TPSA) is 32.3 Å². The summed E-state index contributed by atoms with van der Waals surface area (Å²) < 4.78 is 0. The lowest BCUT2D eigenvalue weighted by molar-refractivity contribution is 0.312. The third kappa shape index (κ3) is 2.13. The average molecular weight is 213 g/mol. The highest BCUT2D eigenvalue weighted by Gasteiger charge is 2.14. The van der Waals surface area contributed by atoms with Crippen molar-refractivity contribution in [3.8, 4) is 0 Å². The molecule has 0 saturated carbocycles. The van der Waals surface area contributed by atoms with Crippen molar-refractivity contribution < 1.29 is 0 Å². The summed E-state index contributed by atoms with van der Waals surface area (Å²) in [5.41, 5.74) is 1.06. The molecule has 1 aliphatic heterocycles. The molecule has 1 fully saturated rings. The van der Waals surface area contributed by atoms with Gasteiger partial charge in [0.25, 0.3) is 0 Å². The van der Waals surface area contributed by atoms with Gasteiger partial charge in [0.15, 0.2) is 0 Å². The number of halogens is 1. The predicted octanol–water partition coefficient (Wildman–Crippen LogP) is 0.882. The molecule has 76 valence electrons. The minimum absolute atomic E-state index is 0.308. The SMILES string of the molecule is CN1CCN(c2cnc(Cl)nc2)CC1. The molecule has 2 heterocycles. The zero-order valence-corrected chi connectivity index (χ0v) is 8.91. The lowest BCUT2D eigenvalue weighted by atomic mass is 10.3. The molecule has 0 radical (unpaired) electrons. The molecule has 0 bridgehead atoms. The van der Waals surface area contributed by atoms with E-state index in [1.807, 2.05) is 0 Å². The van der Waals surface area contributed by atoms with Crippen LogP contribution in [0.5, 0.6) is 0 Å². The Balaban J connectivity index is 2.05. The predicted molar refractivity (Wildman–Crippen MR) is 56.8 cm³/mol. The lowest BCUT2D eigenvalue weighted by Crippen LogP contribution is -2.44. The molecule has 0 unspecified atom stereocenters. The van der Waals surface area contributed by atoms with Crippen molar-refractivity contribution >= 4 is 17.3 Å². The van der Waals surface area contributed by atoms with Gasteiger partial charge < -0.3 is 9.80 Å². The van der Waals surface area contributed by atoms with Crippen LogP contribution >= 0.6 is 11.6 Å². The van der Waals surface area contributed by atoms with Gasteiger partial charge in [-0.2, -0.15) is 0 Å². The van der Waals surface area contributed by atoms with Crippen LogP contribution < -0.4 is 4.90 Å². The highest BCUT2D eigenvalue weighted by atomic mass is 35.5. The lowest BCUT2D eigenvalue weighted by Gasteiger charge is -2.33. The Labute approximate surface area is 88.5 Å². The van der Waals surface area contributed by atoms with Crippen molar-refractivity contribution in [2.45, 2.75) is 0 Å². The monoisotopic (exact) mass is 212 g/mol. The van der Waals surface area contributed by atoms with E-state index in [4.69, 9.17) is 11.6 Å². The second kappa shape index (κ2) is 4.11. The number of nitrogens with zero attached hydrogens (tertiary/aromatic N) is 4. The van der Waals surface area contributed by atoms with E-state index in [-0.39, 0.29) is 0 Å². The Morgan fingerprint density at radius 2 is 1.71 bits per heavy atom. The van der Waals surface area contributed by atoms with E-state index in [0.717, 1.165) is 31.9 Å². The van der Waals surface area contributed by atoms with Crippen molar-refractivity contribution in [3.05, 3.63) is 17.7 Å². The quantitative estimate of drug-likeness (QED) is 0.647. The molecule has 0 N–H and O–H groups in total. The van der Waals surface area contributed by atoms with Crippen molar-refractivity contribution in [3.63, 3.8) is 0 Å². The van der Waals surface area contributed by atoms with E-state index in [9.17, 15) is 0 Å². The highest BCUT2D eigenvalue weighted by Crippen LogP contribution is 2.14. The van der Waals surface area contributed by atoms with Crippen LogP contribution in [0.4, 0.5) is 5.69 Å². The van der Waals surface area contributed by atoms with Gasteiger partial charge in [-0.05, 0) is 18.6 Å². The van der Waals surface area contributed by atoms with Crippen LogP contribution in [0.3, 0.4) is 0 Å². The van der Waals surface area contributed by atoms with E-state index in [2.05, 4.69) is 26.8 Å². The first-order chi connectivity index (χ1) is 6.75. The minimum atomic E-state index is 0.308. The molecule has 0 atom stereocenters. The first-order valence-electron chi connectivity index (χ1n) is 4.67. The number of piperazine rings is 1. The molecule has 1 aromatic rings. The molecule has 1 aromatic heterocycles. The summed E-state index contributed by atoms with van der Waals surface area (Å²) in [6.07, 6.45) is 3.56. The Morgan fingerprint density at radius 1 is 1.14 bits per heavy atom. The minimum Gasteiger partial charge on any atom is -0.366 e. The molecular weight excluding hydrogens is 200 g/mol. The molecule has 1 saturated heterocycles. The van der Waals surface area contributed by atoms with Crippen LogP contribution in [0.25, 0.3) is 0 Å². The Morgan fingerprint density at radius 3 is 2.29 bits per heavy atom. The first-order valence-corrected chi connectivity index (χ1v) is 5.04. The summed E-state index contributed by atoms with van der Waals surface area (Å²) >= 11 is 5.62. The molecule has 0 aromatic carbocycles. The van der Waals surface area contributed by atoms with Gasteiger partial charge >= 0.3 is 0 Å². The molecule has 5 heteroatoms. The van der Waals surface area contributed by atoms with Crippen molar-refractivity contribution in [1.29, 1.82) is 0 Å². The molecular formula is C9H13ClN4. The molecule has 0 amide bonds. The average Bonchev–Trinajstić information content (AvgIpc) is 2.21. The summed E-state index contributed by atoms with van der Waals surface area (Å²) in [4.78, 5) is 12.5. The van der Waals surface area contributed by atoms with E-state index in [1.165, 1.54) is 0 Å². The van der Waals surface area contributed by atoms with Gasteiger partial charge in [0.1, 0.15) is 0 Å². The second-order valence-electron chi connectivity index (χ2n) is 3.50. The van der Waals surface area contributed by atoms with Gasteiger partial charge in [0.05, 0.1) is 18.1 Å². The molecule has 2 rings (SSSR count). The van der Waals surface area contributed by atoms with Crippen molar-refractivity contribution in [2.75, 3.05) is 38.1 Å². The molecule has 0 aliphatic carbocycles. The van der Waals surface area contributed by atoms with Gasteiger partial charge in [0, 0.05) is 26.2 Å². The number of likely N-dealkylation sites (N-methyl/N-ethyl adjacent to an activating group) is 1. The fourth-order valence-corrected chi connectivity index (χ4v) is 1.63. The van der Waals surface area contributed by atoms with Crippen LogP contribution in [-0.2, 0) is 0 Å². The smallest absolute Gasteiger partial charge is 0.222 e. The normalized spacial score (nSPS) is 18.6. The van der Waals surface area contributed by atoms with Crippen molar-refractivity contribution in [1.82, 2.24) is 14.9 Å². The molecule has 0 spiro atoms. The van der Waals surface area contributed by atoms with Gasteiger partial charge in [-0.15, -0.1) is 0 Å². The summed E-state index contributed by atoms with van der Waals surface area (Å²) in [6.45, 7) is 4.23. The fraction of sp³-hybridized carbons (Fsp3) is 0.556. The Hall–Kier alpha value is -0.870. The third-order valence-electron chi connectivity index (χ3n) is 2.48. The molecule has 14 heavy (non-hydrogen) atoms. The van der Waals surface area contributed by atoms with Gasteiger partial charge in [-0.3, -0.25) is 0 Å². The van der Waals surface area contributed by atoms with Gasteiger partial charge in [-0.1, -0.05) is 0 Å². The summed E-state index contributed by atoms with van der Waals surface area (Å²) in [6, 6.07) is 0. The summed E-state index contributed by atoms with van der Waals surface area (Å²) in [7, 11) is 2.13. The van der Waals surface area contributed by atoms with Crippen LogP contribution in [0.15, 0.2) is 12.4 Å². The number of aromatic nitrogens is 2. The number of anilines is 1. The Bertz CT molecular complexity index is 292. The zero-order valence-electron chi connectivity index (χ0n) is 8.15. The largest absolute Gasteiger partial charge is 0.366 e. The number of hydrogen-bond donors (Lipinski definition) is 0. The summed E-state index contributed by atoms with van der Waals surface area (Å²) in [5.74, 6) is 0. The highest BCUT2D eigenvalue weighted by molar-refractivity contribution is 6.28. The van der Waals surface area contributed by atoms with E-state index in [1.54, 1.807) is 12.4 Å². The number of rotatable bonds is 1. The maximum Gasteiger partial charge on any atom is 0.222 e. The van der Waals surface area contributed by atoms with Gasteiger partial charge in [-0.25, -0.2) is 9.97 Å². The standard InChI is InChI=1S/C9H13ClN4/c1-13-2-4-14(5-3-13)8-6-11-9(10)12-7-8/h6-7H,2-5H2,1H3. The number of hydrogen-bond acceptors (Lipinski definition) is 4. The zero-order chi connectivity index (χ0) is 9.97. The maximum atomic E-state index is 5.62. The Kier molecular flexibility index (Phi) is 2.84. The van der Waals surface area contributed by atoms with Gasteiger partial charge in [0.2, 0.25) is 5.28 Å². The third-order valence-corrected chi connectivity index (χ3v) is 2.67. The van der Waals surface area contributed by atoms with E-state index < -0.39 is 0 Å². The van der Waals surface area contributed by atoms with Crippen LogP contribution in [0.2, 0.25) is 5.28 Å². The van der Waals surface area contributed by atoms with Crippen molar-refractivity contribution in [2.24, 2.45) is 0 Å². The summed E-state index contributed by atoms with van der Waals surface area (Å²) in [5, 5.41) is 0.308. The molecule has 1 aliphatic rings. The fourth-order valence-electron chi connectivity index (χ4n) is 1.53. The van der Waals surface area contributed by atoms with E-state index in [0.29, 0.717) is 5.28 Å². The van der Waals surface area contributed by atoms with Crippen LogP contribution in [-0.4, -0.2) is 48.1 Å².